The molecule has 2 saturated heterocycles. The Morgan fingerprint density at radius 3 is 2.48 bits per heavy atom. The van der Waals surface area contributed by atoms with E-state index in [2.05, 4.69) is 39.8 Å². The molecule has 6 rings (SSSR count). The monoisotopic (exact) mass is 710 g/mol. The summed E-state index contributed by atoms with van der Waals surface area (Å²) in [7, 11) is -1.30. The first-order chi connectivity index (χ1) is 24.0. The van der Waals surface area contributed by atoms with Crippen molar-refractivity contribution in [2.75, 3.05) is 56.2 Å². The van der Waals surface area contributed by atoms with Crippen molar-refractivity contribution in [3.63, 3.8) is 0 Å². The number of hydrogen-bond acceptors (Lipinski definition) is 8. The minimum atomic E-state index is -4.53. The molecule has 0 aliphatic carbocycles. The molecule has 2 aliphatic rings. The van der Waals surface area contributed by atoms with E-state index in [0.717, 1.165) is 39.7 Å². The number of nitrogens with one attached hydrogen (secondary N) is 1. The quantitative estimate of drug-likeness (QED) is 0.122. The van der Waals surface area contributed by atoms with Gasteiger partial charge in [0.25, 0.3) is 0 Å². The van der Waals surface area contributed by atoms with Crippen LogP contribution >= 0.6 is 0 Å². The lowest BCUT2D eigenvalue weighted by atomic mass is 9.98. The molecule has 4 heterocycles. The Kier molecular flexibility index (Phi) is 11.0. The Morgan fingerprint density at radius 2 is 1.78 bits per heavy atom. The van der Waals surface area contributed by atoms with Gasteiger partial charge >= 0.3 is 12.3 Å². The number of rotatable bonds is 12. The van der Waals surface area contributed by atoms with E-state index in [1.54, 1.807) is 18.5 Å². The Morgan fingerprint density at radius 1 is 1.04 bits per heavy atom. The van der Waals surface area contributed by atoms with Gasteiger partial charge < -0.3 is 33.9 Å². The summed E-state index contributed by atoms with van der Waals surface area (Å²) < 4.78 is 62.5. The van der Waals surface area contributed by atoms with Crippen molar-refractivity contribution in [1.82, 2.24) is 19.4 Å². The third-order valence-electron chi connectivity index (χ3n) is 9.21. The van der Waals surface area contributed by atoms with Gasteiger partial charge in [0.1, 0.15) is 37.2 Å². The summed E-state index contributed by atoms with van der Waals surface area (Å²) in [4.78, 5) is 25.5. The molecule has 0 bridgehead atoms. The van der Waals surface area contributed by atoms with Crippen LogP contribution in [0, 0.1) is 5.92 Å². The van der Waals surface area contributed by atoms with Crippen molar-refractivity contribution in [3.8, 4) is 11.3 Å². The maximum atomic E-state index is 14.4. The van der Waals surface area contributed by atoms with Gasteiger partial charge in [-0.2, -0.15) is 13.2 Å². The lowest BCUT2D eigenvalue weighted by Crippen LogP contribution is -2.44. The van der Waals surface area contributed by atoms with Crippen LogP contribution in [0.2, 0.25) is 25.7 Å². The summed E-state index contributed by atoms with van der Waals surface area (Å²) in [6.45, 7) is 10.7. The first kappa shape index (κ1) is 35.7. The van der Waals surface area contributed by atoms with Crippen molar-refractivity contribution >= 4 is 36.7 Å². The average Bonchev–Trinajstić information content (AvgIpc) is 3.74. The number of fused-ring (bicyclic) bond motifs is 1. The largest absolute Gasteiger partial charge is 0.445 e. The van der Waals surface area contributed by atoms with E-state index in [1.807, 2.05) is 53.1 Å². The topological polar surface area (TPSA) is 94.0 Å². The number of ether oxygens (including phenoxy) is 3. The van der Waals surface area contributed by atoms with Gasteiger partial charge in [0.15, 0.2) is 0 Å². The van der Waals surface area contributed by atoms with Gasteiger partial charge in [0.05, 0.1) is 24.3 Å². The normalized spacial score (nSPS) is 17.7. The fourth-order valence-electron chi connectivity index (χ4n) is 6.40. The number of morpholine rings is 1. The molecule has 50 heavy (non-hydrogen) atoms. The summed E-state index contributed by atoms with van der Waals surface area (Å²) in [6.07, 6.45) is -3.36. The van der Waals surface area contributed by atoms with Gasteiger partial charge in [-0.15, -0.1) is 0 Å². The Hall–Kier alpha value is -4.14. The first-order valence-electron chi connectivity index (χ1n) is 17.1. The molecule has 1 amide bonds. The van der Waals surface area contributed by atoms with Crippen molar-refractivity contribution in [1.29, 1.82) is 0 Å². The number of alkyl halides is 3. The fraction of sp³-hybridized carbons (Fsp3) is 0.472. The second-order valence-corrected chi connectivity index (χ2v) is 19.7. The van der Waals surface area contributed by atoms with E-state index < -0.39 is 32.3 Å². The molecule has 1 N–H and O–H groups in total. The van der Waals surface area contributed by atoms with Crippen LogP contribution < -0.4 is 10.2 Å². The number of halogens is 3. The Bertz CT molecular complexity index is 1730. The molecule has 0 radical (unpaired) electrons. The summed E-state index contributed by atoms with van der Waals surface area (Å²) in [6, 6.07) is 17.4. The highest BCUT2D eigenvalue weighted by Gasteiger charge is 2.47. The van der Waals surface area contributed by atoms with Crippen LogP contribution in [0.15, 0.2) is 67.0 Å². The second-order valence-electron chi connectivity index (χ2n) is 14.1. The zero-order valence-electron chi connectivity index (χ0n) is 28.8. The highest BCUT2D eigenvalue weighted by molar-refractivity contribution is 6.76. The van der Waals surface area contributed by atoms with Gasteiger partial charge in [-0.1, -0.05) is 62.1 Å². The van der Waals surface area contributed by atoms with E-state index in [1.165, 1.54) is 4.90 Å². The molecule has 2 aromatic heterocycles. The number of benzene rings is 2. The highest BCUT2D eigenvalue weighted by atomic mass is 28.3. The molecular formula is C36H45F3N6O4Si. The predicted molar refractivity (Wildman–Crippen MR) is 190 cm³/mol. The zero-order valence-corrected chi connectivity index (χ0v) is 29.8. The molecular weight excluding hydrogens is 666 g/mol. The van der Waals surface area contributed by atoms with Gasteiger partial charge in [-0.05, 0) is 41.8 Å². The van der Waals surface area contributed by atoms with Crippen LogP contribution in [0.25, 0.3) is 22.3 Å². The van der Waals surface area contributed by atoms with Gasteiger partial charge in [-0.3, -0.25) is 0 Å². The third kappa shape index (κ3) is 8.77. The molecule has 2 aromatic carbocycles. The summed E-state index contributed by atoms with van der Waals surface area (Å²) >= 11 is 0. The number of aromatic nitrogens is 3. The summed E-state index contributed by atoms with van der Waals surface area (Å²) in [5.41, 5.74) is 3.53. The lowest BCUT2D eigenvalue weighted by molar-refractivity contribution is -0.152. The standard InChI is InChI=1S/C36H45F3N6O4Si/c1-50(2,3)20-19-48-25-45-31(21-30-33(40-24-41-34(30)45)43-15-17-47-18-16-43)27-9-11-29(12-10-27)42-32(36(37,38)39)28-13-14-44(22-28)35(46)49-23-26-7-5-4-6-8-26/h4-12,21,24,28,32,42H,13-20,22-23,25H2,1-3H3/t28-,32?/m0/s1. The number of amides is 1. The Balaban J connectivity index is 1.19. The number of nitrogens with zero attached hydrogens (tertiary/aromatic N) is 5. The van der Waals surface area contributed by atoms with Crippen LogP contribution in [-0.4, -0.2) is 91.8 Å². The molecule has 4 aromatic rings. The molecule has 0 spiro atoms. The molecule has 14 heteroatoms. The summed E-state index contributed by atoms with van der Waals surface area (Å²) in [5.74, 6) is -0.00627. The SMILES string of the molecule is C[Si](C)(C)CCOCn1c(-c2ccc(NC([C@H]3CCN(C(=O)OCc4ccccc4)C3)C(F)(F)F)cc2)cc2c(N3CCOCC3)ncnc21. The van der Waals surface area contributed by atoms with Gasteiger partial charge in [0, 0.05) is 52.5 Å². The average molecular weight is 711 g/mol. The number of carbonyl (C=O) groups is 1. The minimum Gasteiger partial charge on any atom is -0.445 e. The third-order valence-corrected chi connectivity index (χ3v) is 10.9. The number of carbonyl (C=O) groups excluding carboxylic acids is 1. The number of likely N-dealkylation sites (tertiary alicyclic amines) is 1. The molecule has 268 valence electrons. The van der Waals surface area contributed by atoms with Crippen LogP contribution in [-0.2, 0) is 27.5 Å². The maximum absolute atomic E-state index is 14.4. The second kappa shape index (κ2) is 15.4. The fourth-order valence-corrected chi connectivity index (χ4v) is 7.16. The van der Waals surface area contributed by atoms with E-state index >= 15 is 0 Å². The summed E-state index contributed by atoms with van der Waals surface area (Å²) in [5, 5.41) is 3.61. The molecule has 2 aliphatic heterocycles. The van der Waals surface area contributed by atoms with Crippen LogP contribution in [0.5, 0.6) is 0 Å². The Labute approximate surface area is 291 Å². The van der Waals surface area contributed by atoms with Crippen molar-refractivity contribution in [3.05, 3.63) is 72.6 Å². The highest BCUT2D eigenvalue weighted by Crippen LogP contribution is 2.36. The van der Waals surface area contributed by atoms with Crippen molar-refractivity contribution < 1.29 is 32.2 Å². The van der Waals surface area contributed by atoms with E-state index in [-0.39, 0.29) is 32.8 Å². The van der Waals surface area contributed by atoms with E-state index in [9.17, 15) is 18.0 Å². The predicted octanol–water partition coefficient (Wildman–Crippen LogP) is 7.25. The number of hydrogen-bond donors (Lipinski definition) is 1. The van der Waals surface area contributed by atoms with Gasteiger partial charge in [-0.25, -0.2) is 14.8 Å². The molecule has 2 fully saturated rings. The number of anilines is 2. The molecule has 1 unspecified atom stereocenters. The van der Waals surface area contributed by atoms with Crippen molar-refractivity contribution in [2.24, 2.45) is 5.92 Å². The minimum absolute atomic E-state index is 0.0484. The van der Waals surface area contributed by atoms with Crippen LogP contribution in [0.1, 0.15) is 12.0 Å². The first-order valence-corrected chi connectivity index (χ1v) is 20.8. The van der Waals surface area contributed by atoms with Crippen LogP contribution in [0.3, 0.4) is 0 Å². The smallest absolute Gasteiger partial charge is 0.410 e. The van der Waals surface area contributed by atoms with Crippen LogP contribution in [0.4, 0.5) is 29.5 Å². The molecule has 0 saturated carbocycles. The van der Waals surface area contributed by atoms with Gasteiger partial charge in [0.2, 0.25) is 0 Å². The zero-order chi connectivity index (χ0) is 35.3. The molecule has 10 nitrogen and oxygen atoms in total. The van der Waals surface area contributed by atoms with Crippen molar-refractivity contribution in [2.45, 2.75) is 57.7 Å². The molecule has 2 atom stereocenters. The lowest BCUT2D eigenvalue weighted by Gasteiger charge is -2.28. The van der Waals surface area contributed by atoms with E-state index in [0.29, 0.717) is 38.6 Å². The van der Waals surface area contributed by atoms with E-state index in [4.69, 9.17) is 14.2 Å². The maximum Gasteiger partial charge on any atom is 0.410 e.